The van der Waals surface area contributed by atoms with Crippen molar-refractivity contribution in [2.45, 2.75) is 20.1 Å². The molecule has 0 bridgehead atoms. The molecule has 0 aliphatic carbocycles. The van der Waals surface area contributed by atoms with Crippen LogP contribution in [0.15, 0.2) is 59.5 Å². The normalized spacial score (nSPS) is 16.6. The van der Waals surface area contributed by atoms with Crippen molar-refractivity contribution in [1.29, 1.82) is 0 Å². The number of non-ortho nitro benzene ring substituents is 1. The smallest absolute Gasteiger partial charge is 0.271 e. The van der Waals surface area contributed by atoms with Gasteiger partial charge in [-0.2, -0.15) is 0 Å². The van der Waals surface area contributed by atoms with Crippen LogP contribution in [-0.2, 0) is 0 Å². The number of aryl methyl sites for hydroxylation is 2. The van der Waals surface area contributed by atoms with E-state index in [-0.39, 0.29) is 5.69 Å². The highest BCUT2D eigenvalue weighted by Gasteiger charge is 2.26. The Bertz CT molecular complexity index is 1100. The molecule has 0 radical (unpaired) electrons. The van der Waals surface area contributed by atoms with Crippen LogP contribution in [0.1, 0.15) is 17.7 Å². The molecule has 1 atom stereocenters. The Labute approximate surface area is 154 Å². The second-order valence-corrected chi connectivity index (χ2v) is 6.34. The van der Waals surface area contributed by atoms with Crippen molar-refractivity contribution < 1.29 is 9.31 Å². The summed E-state index contributed by atoms with van der Waals surface area (Å²) >= 11 is 0. The highest BCUT2D eigenvalue weighted by atomic mass is 19.1. The van der Waals surface area contributed by atoms with Gasteiger partial charge in [0.1, 0.15) is 5.82 Å². The molecule has 0 fully saturated rings. The first-order chi connectivity index (χ1) is 12.9. The number of nitro groups is 1. The molecule has 0 spiro atoms. The van der Waals surface area contributed by atoms with Crippen LogP contribution in [-0.4, -0.2) is 20.7 Å². The highest BCUT2D eigenvalue weighted by Crippen LogP contribution is 2.33. The van der Waals surface area contributed by atoms with Crippen LogP contribution >= 0.6 is 0 Å². The number of imidazole rings is 1. The minimum absolute atomic E-state index is 0.0272. The largest absolute Gasteiger partial charge is 0.305 e. The van der Waals surface area contributed by atoms with E-state index in [0.29, 0.717) is 16.9 Å². The molecule has 0 saturated carbocycles. The van der Waals surface area contributed by atoms with Crippen LogP contribution in [0.4, 0.5) is 15.8 Å². The molecule has 1 unspecified atom stereocenters. The van der Waals surface area contributed by atoms with Gasteiger partial charge in [-0.1, -0.05) is 17.7 Å². The van der Waals surface area contributed by atoms with E-state index in [9.17, 15) is 14.5 Å². The Morgan fingerprint density at radius 3 is 2.59 bits per heavy atom. The standard InChI is InChI=1S/C19H16FN5O2/c1-12-3-5-15(6-4-12)23-11-14(20)10-21-19(23)24-13(2)22-17-9-16(25(26)27)7-8-18(17)24/h3-11,19H,1-2H3. The van der Waals surface area contributed by atoms with Crippen molar-refractivity contribution in [3.8, 4) is 0 Å². The minimum atomic E-state index is -0.585. The molecule has 1 aliphatic rings. The molecule has 0 amide bonds. The van der Waals surface area contributed by atoms with Gasteiger partial charge in [0.2, 0.25) is 6.29 Å². The Balaban J connectivity index is 1.85. The van der Waals surface area contributed by atoms with E-state index in [2.05, 4.69) is 9.98 Å². The van der Waals surface area contributed by atoms with E-state index in [4.69, 9.17) is 0 Å². The van der Waals surface area contributed by atoms with E-state index < -0.39 is 17.0 Å². The van der Waals surface area contributed by atoms with E-state index >= 15 is 0 Å². The summed E-state index contributed by atoms with van der Waals surface area (Å²) in [4.78, 5) is 21.1. The summed E-state index contributed by atoms with van der Waals surface area (Å²) in [5, 5.41) is 11.0. The number of nitro benzene ring substituents is 1. The number of allylic oxidation sites excluding steroid dienone is 1. The monoisotopic (exact) mass is 365 g/mol. The second-order valence-electron chi connectivity index (χ2n) is 6.34. The van der Waals surface area contributed by atoms with Gasteiger partial charge in [0.25, 0.3) is 5.69 Å². The van der Waals surface area contributed by atoms with Crippen LogP contribution in [0, 0.1) is 24.0 Å². The number of rotatable bonds is 3. The Kier molecular flexibility index (Phi) is 3.95. The van der Waals surface area contributed by atoms with E-state index in [1.54, 1.807) is 17.9 Å². The first-order valence-electron chi connectivity index (χ1n) is 8.32. The third-order valence-corrected chi connectivity index (χ3v) is 4.47. The first kappa shape index (κ1) is 16.9. The van der Waals surface area contributed by atoms with E-state index in [1.807, 2.05) is 35.8 Å². The van der Waals surface area contributed by atoms with Crippen LogP contribution in [0.25, 0.3) is 11.0 Å². The van der Waals surface area contributed by atoms with Gasteiger partial charge in [-0.3, -0.25) is 14.7 Å². The summed E-state index contributed by atoms with van der Waals surface area (Å²) in [7, 11) is 0. The summed E-state index contributed by atoms with van der Waals surface area (Å²) in [5.74, 6) is 0.171. The Morgan fingerprint density at radius 1 is 1.15 bits per heavy atom. The molecular weight excluding hydrogens is 349 g/mol. The van der Waals surface area contributed by atoms with E-state index in [0.717, 1.165) is 11.3 Å². The summed E-state index contributed by atoms with van der Waals surface area (Å²) < 4.78 is 15.8. The van der Waals surface area contributed by atoms with Crippen molar-refractivity contribution in [1.82, 2.24) is 9.55 Å². The SMILES string of the molecule is Cc1ccc(N2C=C(F)C=NC2n2c(C)nc3cc([N+](=O)[O-])ccc32)cc1. The molecule has 27 heavy (non-hydrogen) atoms. The summed E-state index contributed by atoms with van der Waals surface area (Å²) in [5.41, 5.74) is 3.03. The lowest BCUT2D eigenvalue weighted by molar-refractivity contribution is -0.384. The Hall–Kier alpha value is -3.55. The lowest BCUT2D eigenvalue weighted by Gasteiger charge is -2.31. The van der Waals surface area contributed by atoms with Crippen molar-refractivity contribution in [2.75, 3.05) is 4.90 Å². The highest BCUT2D eigenvalue weighted by molar-refractivity contribution is 5.81. The van der Waals surface area contributed by atoms with Gasteiger partial charge in [-0.05, 0) is 32.0 Å². The molecule has 1 aromatic heterocycles. The van der Waals surface area contributed by atoms with Gasteiger partial charge in [0.05, 0.1) is 22.2 Å². The molecule has 0 N–H and O–H groups in total. The molecular formula is C19H16FN5O2. The van der Waals surface area contributed by atoms with Crippen LogP contribution in [0.3, 0.4) is 0 Å². The topological polar surface area (TPSA) is 76.6 Å². The molecule has 8 heteroatoms. The fraction of sp³-hybridized carbons (Fsp3) is 0.158. The van der Waals surface area contributed by atoms with Crippen molar-refractivity contribution in [3.63, 3.8) is 0 Å². The molecule has 3 aromatic rings. The number of nitrogens with zero attached hydrogens (tertiary/aromatic N) is 5. The molecule has 7 nitrogen and oxygen atoms in total. The first-order valence-corrected chi connectivity index (χ1v) is 8.32. The van der Waals surface area contributed by atoms with Gasteiger partial charge in [0.15, 0.2) is 5.83 Å². The summed E-state index contributed by atoms with van der Waals surface area (Å²) in [6.45, 7) is 3.77. The summed E-state index contributed by atoms with van der Waals surface area (Å²) in [6, 6.07) is 12.2. The van der Waals surface area contributed by atoms with Gasteiger partial charge < -0.3 is 4.90 Å². The number of halogens is 1. The number of fused-ring (bicyclic) bond motifs is 1. The van der Waals surface area contributed by atoms with Crippen molar-refractivity contribution in [2.24, 2.45) is 4.99 Å². The lowest BCUT2D eigenvalue weighted by atomic mass is 10.2. The van der Waals surface area contributed by atoms with Gasteiger partial charge in [-0.15, -0.1) is 0 Å². The molecule has 4 rings (SSSR count). The van der Waals surface area contributed by atoms with Crippen LogP contribution < -0.4 is 4.90 Å². The second kappa shape index (κ2) is 6.31. The third-order valence-electron chi connectivity index (χ3n) is 4.47. The molecule has 2 heterocycles. The number of aliphatic imine (C=N–C) groups is 1. The lowest BCUT2D eigenvalue weighted by Crippen LogP contribution is -2.30. The zero-order chi connectivity index (χ0) is 19.1. The number of hydrogen-bond donors (Lipinski definition) is 0. The number of anilines is 1. The fourth-order valence-electron chi connectivity index (χ4n) is 3.17. The molecule has 136 valence electrons. The number of benzene rings is 2. The molecule has 2 aromatic carbocycles. The zero-order valence-corrected chi connectivity index (χ0v) is 14.7. The predicted molar refractivity (Wildman–Crippen MR) is 102 cm³/mol. The number of hydrogen-bond acceptors (Lipinski definition) is 5. The number of aromatic nitrogens is 2. The van der Waals surface area contributed by atoms with Crippen LogP contribution in [0.5, 0.6) is 0 Å². The third kappa shape index (κ3) is 2.95. The zero-order valence-electron chi connectivity index (χ0n) is 14.7. The predicted octanol–water partition coefficient (Wildman–Crippen LogP) is 4.42. The Morgan fingerprint density at radius 2 is 1.89 bits per heavy atom. The maximum absolute atomic E-state index is 13.9. The molecule has 0 saturated heterocycles. The van der Waals surface area contributed by atoms with Crippen LogP contribution in [0.2, 0.25) is 0 Å². The fourth-order valence-corrected chi connectivity index (χ4v) is 3.17. The summed E-state index contributed by atoms with van der Waals surface area (Å²) in [6.07, 6.45) is 1.98. The molecule has 1 aliphatic heterocycles. The van der Waals surface area contributed by atoms with Crippen molar-refractivity contribution in [3.05, 3.63) is 76.0 Å². The minimum Gasteiger partial charge on any atom is -0.305 e. The van der Waals surface area contributed by atoms with Gasteiger partial charge in [-0.25, -0.2) is 14.4 Å². The van der Waals surface area contributed by atoms with Gasteiger partial charge in [0, 0.05) is 24.0 Å². The average Bonchev–Trinajstić information content (AvgIpc) is 2.97. The van der Waals surface area contributed by atoms with Gasteiger partial charge >= 0.3 is 0 Å². The van der Waals surface area contributed by atoms with Crippen molar-refractivity contribution >= 4 is 28.6 Å². The quantitative estimate of drug-likeness (QED) is 0.508. The average molecular weight is 365 g/mol. The maximum Gasteiger partial charge on any atom is 0.271 e. The van der Waals surface area contributed by atoms with E-state index in [1.165, 1.54) is 24.5 Å². The maximum atomic E-state index is 13.9.